The summed E-state index contributed by atoms with van der Waals surface area (Å²) >= 11 is 1.78. The summed E-state index contributed by atoms with van der Waals surface area (Å²) in [5, 5.41) is 4.63. The Bertz CT molecular complexity index is 412. The topological polar surface area (TPSA) is 37.4 Å². The highest BCUT2D eigenvalue weighted by Crippen LogP contribution is 2.27. The van der Waals surface area contributed by atoms with Crippen LogP contribution in [0, 0.1) is 6.92 Å². The van der Waals surface area contributed by atoms with Gasteiger partial charge in [-0.3, -0.25) is 0 Å². The number of thiazole rings is 1. The molecule has 0 aliphatic rings. The number of rotatable bonds is 7. The molecule has 1 aromatic heterocycles. The van der Waals surface area contributed by atoms with Crippen LogP contribution in [0.4, 0.5) is 5.13 Å². The molecular weight excluding hydrogens is 270 g/mol. The first-order chi connectivity index (χ1) is 9.28. The first kappa shape index (κ1) is 17.4. The third-order valence-electron chi connectivity index (χ3n) is 3.19. The van der Waals surface area contributed by atoms with Crippen molar-refractivity contribution in [2.75, 3.05) is 25.2 Å². The van der Waals surface area contributed by atoms with E-state index in [1.54, 1.807) is 18.4 Å². The van der Waals surface area contributed by atoms with Crippen LogP contribution < -0.4 is 10.2 Å². The molecule has 1 atom stereocenters. The van der Waals surface area contributed by atoms with Crippen molar-refractivity contribution in [2.45, 2.75) is 59.7 Å². The van der Waals surface area contributed by atoms with Gasteiger partial charge in [0.1, 0.15) is 0 Å². The quantitative estimate of drug-likeness (QED) is 0.839. The average molecular weight is 299 g/mol. The molecule has 116 valence electrons. The molecule has 1 aromatic rings. The largest absolute Gasteiger partial charge is 0.383 e. The van der Waals surface area contributed by atoms with Gasteiger partial charge in [0, 0.05) is 30.6 Å². The minimum Gasteiger partial charge on any atom is -0.383 e. The molecule has 1 rings (SSSR count). The van der Waals surface area contributed by atoms with Gasteiger partial charge in [-0.2, -0.15) is 0 Å². The molecule has 0 aromatic carbocycles. The van der Waals surface area contributed by atoms with Crippen LogP contribution in [-0.4, -0.2) is 36.8 Å². The van der Waals surface area contributed by atoms with Gasteiger partial charge in [0.25, 0.3) is 0 Å². The molecule has 1 unspecified atom stereocenters. The predicted octanol–water partition coefficient (Wildman–Crippen LogP) is 3.20. The maximum Gasteiger partial charge on any atom is 0.186 e. The van der Waals surface area contributed by atoms with Crippen molar-refractivity contribution in [1.29, 1.82) is 0 Å². The molecule has 0 aliphatic carbocycles. The number of hydrogen-bond acceptors (Lipinski definition) is 5. The lowest BCUT2D eigenvalue weighted by Crippen LogP contribution is -2.36. The summed E-state index contributed by atoms with van der Waals surface area (Å²) in [6.07, 6.45) is 0. The Kier molecular flexibility index (Phi) is 6.43. The van der Waals surface area contributed by atoms with Crippen molar-refractivity contribution in [3.8, 4) is 0 Å². The molecule has 1 N–H and O–H groups in total. The summed E-state index contributed by atoms with van der Waals surface area (Å²) in [6.45, 7) is 15.5. The smallest absolute Gasteiger partial charge is 0.186 e. The van der Waals surface area contributed by atoms with E-state index in [-0.39, 0.29) is 5.54 Å². The molecule has 0 saturated heterocycles. The lowest BCUT2D eigenvalue weighted by molar-refractivity contribution is 0.182. The van der Waals surface area contributed by atoms with E-state index in [0.717, 1.165) is 30.5 Å². The highest BCUT2D eigenvalue weighted by atomic mass is 32.1. The van der Waals surface area contributed by atoms with Crippen LogP contribution in [0.15, 0.2) is 0 Å². The molecule has 0 spiro atoms. The van der Waals surface area contributed by atoms with Crippen LogP contribution in [0.5, 0.6) is 0 Å². The van der Waals surface area contributed by atoms with Crippen molar-refractivity contribution >= 4 is 16.5 Å². The first-order valence-corrected chi connectivity index (χ1v) is 8.07. The number of hydrogen-bond donors (Lipinski definition) is 1. The zero-order chi connectivity index (χ0) is 15.3. The number of aromatic nitrogens is 1. The maximum absolute atomic E-state index is 5.26. The fourth-order valence-corrected chi connectivity index (χ4v) is 3.18. The van der Waals surface area contributed by atoms with Gasteiger partial charge in [-0.1, -0.05) is 0 Å². The minimum absolute atomic E-state index is 0.129. The van der Waals surface area contributed by atoms with Crippen LogP contribution in [-0.2, 0) is 11.3 Å². The van der Waals surface area contributed by atoms with Crippen molar-refractivity contribution in [1.82, 2.24) is 10.3 Å². The van der Waals surface area contributed by atoms with Crippen molar-refractivity contribution in [3.63, 3.8) is 0 Å². The normalized spacial score (nSPS) is 13.6. The summed E-state index contributed by atoms with van der Waals surface area (Å²) < 4.78 is 5.26. The van der Waals surface area contributed by atoms with E-state index in [9.17, 15) is 0 Å². The molecule has 0 bridgehead atoms. The lowest BCUT2D eigenvalue weighted by Gasteiger charge is -2.26. The summed E-state index contributed by atoms with van der Waals surface area (Å²) in [6, 6.07) is 0.346. The maximum atomic E-state index is 5.26. The number of aryl methyl sites for hydroxylation is 1. The Morgan fingerprint density at radius 3 is 2.55 bits per heavy atom. The summed E-state index contributed by atoms with van der Waals surface area (Å²) in [7, 11) is 1.75. The fourth-order valence-electron chi connectivity index (χ4n) is 2.01. The third-order valence-corrected chi connectivity index (χ3v) is 4.38. The summed E-state index contributed by atoms with van der Waals surface area (Å²) in [4.78, 5) is 8.36. The summed E-state index contributed by atoms with van der Waals surface area (Å²) in [5.41, 5.74) is 1.26. The van der Waals surface area contributed by atoms with Gasteiger partial charge >= 0.3 is 0 Å². The number of methoxy groups -OCH3 is 1. The molecular formula is C15H29N3OS. The van der Waals surface area contributed by atoms with E-state index in [4.69, 9.17) is 9.72 Å². The molecule has 20 heavy (non-hydrogen) atoms. The second-order valence-electron chi connectivity index (χ2n) is 6.20. The molecule has 0 saturated carbocycles. The first-order valence-electron chi connectivity index (χ1n) is 7.25. The number of nitrogens with zero attached hydrogens (tertiary/aromatic N) is 2. The van der Waals surface area contributed by atoms with Crippen LogP contribution in [0.25, 0.3) is 0 Å². The monoisotopic (exact) mass is 299 g/mol. The van der Waals surface area contributed by atoms with Gasteiger partial charge in [0.15, 0.2) is 5.13 Å². The van der Waals surface area contributed by atoms with Gasteiger partial charge in [-0.25, -0.2) is 4.98 Å². The van der Waals surface area contributed by atoms with Crippen molar-refractivity contribution in [2.24, 2.45) is 0 Å². The second-order valence-corrected chi connectivity index (χ2v) is 7.26. The third kappa shape index (κ3) is 5.04. The highest BCUT2D eigenvalue weighted by molar-refractivity contribution is 7.15. The van der Waals surface area contributed by atoms with Crippen molar-refractivity contribution < 1.29 is 4.74 Å². The molecule has 5 heteroatoms. The lowest BCUT2D eigenvalue weighted by atomic mass is 10.1. The number of ether oxygens (including phenoxy) is 1. The zero-order valence-electron chi connectivity index (χ0n) is 13.9. The fraction of sp³-hybridized carbons (Fsp3) is 0.800. The number of likely N-dealkylation sites (N-methyl/N-ethyl adjacent to an activating group) is 1. The van der Waals surface area contributed by atoms with E-state index in [1.165, 1.54) is 4.88 Å². The van der Waals surface area contributed by atoms with Gasteiger partial charge in [0.05, 0.1) is 18.3 Å². The van der Waals surface area contributed by atoms with E-state index in [2.05, 4.69) is 51.8 Å². The van der Waals surface area contributed by atoms with E-state index < -0.39 is 0 Å². The Hall–Kier alpha value is -0.650. The van der Waals surface area contributed by atoms with Crippen LogP contribution >= 0.6 is 11.3 Å². The molecule has 4 nitrogen and oxygen atoms in total. The van der Waals surface area contributed by atoms with Gasteiger partial charge in [0.2, 0.25) is 0 Å². The average Bonchev–Trinajstić information content (AvgIpc) is 2.68. The molecule has 0 fully saturated rings. The Labute approximate surface area is 127 Å². The second kappa shape index (κ2) is 7.38. The van der Waals surface area contributed by atoms with Crippen LogP contribution in [0.2, 0.25) is 0 Å². The molecule has 0 aliphatic heterocycles. The van der Waals surface area contributed by atoms with Gasteiger partial charge in [-0.05, 0) is 41.5 Å². The predicted molar refractivity (Wildman–Crippen MR) is 87.8 cm³/mol. The Morgan fingerprint density at radius 2 is 2.05 bits per heavy atom. The zero-order valence-corrected chi connectivity index (χ0v) is 14.7. The van der Waals surface area contributed by atoms with Gasteiger partial charge < -0.3 is 15.0 Å². The Balaban J connectivity index is 2.81. The molecule has 0 radical (unpaired) electrons. The molecule has 0 amide bonds. The number of anilines is 1. The number of nitrogens with one attached hydrogen (secondary N) is 1. The van der Waals surface area contributed by atoms with Crippen molar-refractivity contribution in [3.05, 3.63) is 10.6 Å². The standard InChI is InChI=1S/C15H29N3OS/c1-8-18(11(2)10-19-7)14-17-12(3)13(20-14)9-16-15(4,5)6/h11,16H,8-10H2,1-7H3. The minimum atomic E-state index is 0.129. The SMILES string of the molecule is CCN(c1nc(C)c(CNC(C)(C)C)s1)C(C)COC. The van der Waals surface area contributed by atoms with E-state index in [0.29, 0.717) is 6.04 Å². The summed E-state index contributed by atoms with van der Waals surface area (Å²) in [5.74, 6) is 0. The van der Waals surface area contributed by atoms with E-state index >= 15 is 0 Å². The molecule has 1 heterocycles. The van der Waals surface area contributed by atoms with Crippen LogP contribution in [0.1, 0.15) is 45.2 Å². The highest BCUT2D eigenvalue weighted by Gasteiger charge is 2.19. The van der Waals surface area contributed by atoms with Gasteiger partial charge in [-0.15, -0.1) is 11.3 Å². The van der Waals surface area contributed by atoms with E-state index in [1.807, 2.05) is 0 Å². The van der Waals surface area contributed by atoms with Crippen LogP contribution in [0.3, 0.4) is 0 Å². The Morgan fingerprint density at radius 1 is 1.40 bits per heavy atom.